The summed E-state index contributed by atoms with van der Waals surface area (Å²) in [6.07, 6.45) is 0. The number of thiophene rings is 1. The van der Waals surface area contributed by atoms with Gasteiger partial charge in [-0.05, 0) is 50.8 Å². The fourth-order valence-corrected chi connectivity index (χ4v) is 3.53. The van der Waals surface area contributed by atoms with Crippen molar-refractivity contribution in [2.75, 3.05) is 0 Å². The SMILES string of the molecule is CC(NC(=O)c1sccc1Br)c1ccc(C(C)(C)C)cc1. The molecule has 1 atom stereocenters. The van der Waals surface area contributed by atoms with Crippen molar-refractivity contribution >= 4 is 33.2 Å². The lowest BCUT2D eigenvalue weighted by atomic mass is 9.86. The summed E-state index contributed by atoms with van der Waals surface area (Å²) in [6.45, 7) is 8.59. The normalized spacial score (nSPS) is 13.0. The molecule has 0 saturated carbocycles. The number of hydrogen-bond acceptors (Lipinski definition) is 2. The van der Waals surface area contributed by atoms with Crippen molar-refractivity contribution in [3.8, 4) is 0 Å². The summed E-state index contributed by atoms with van der Waals surface area (Å²) >= 11 is 4.84. The highest BCUT2D eigenvalue weighted by Gasteiger charge is 2.17. The Hall–Kier alpha value is -1.13. The summed E-state index contributed by atoms with van der Waals surface area (Å²) < 4.78 is 0.847. The lowest BCUT2D eigenvalue weighted by Crippen LogP contribution is -2.26. The molecule has 1 heterocycles. The molecule has 2 rings (SSSR count). The van der Waals surface area contributed by atoms with E-state index in [2.05, 4.69) is 66.3 Å². The van der Waals surface area contributed by atoms with Crippen LogP contribution >= 0.6 is 27.3 Å². The summed E-state index contributed by atoms with van der Waals surface area (Å²) in [7, 11) is 0. The van der Waals surface area contributed by atoms with Gasteiger partial charge in [-0.15, -0.1) is 11.3 Å². The zero-order valence-electron chi connectivity index (χ0n) is 12.7. The number of nitrogens with one attached hydrogen (secondary N) is 1. The third kappa shape index (κ3) is 3.95. The van der Waals surface area contributed by atoms with Crippen LogP contribution in [0.2, 0.25) is 0 Å². The van der Waals surface area contributed by atoms with E-state index in [-0.39, 0.29) is 17.4 Å². The molecule has 1 aromatic carbocycles. The standard InChI is InChI=1S/C17H20BrNOS/c1-11(19-16(20)15-14(18)9-10-21-15)12-5-7-13(8-6-12)17(2,3)4/h5-11H,1-4H3,(H,19,20). The number of carbonyl (C=O) groups is 1. The lowest BCUT2D eigenvalue weighted by Gasteiger charge is -2.20. The molecule has 0 saturated heterocycles. The van der Waals surface area contributed by atoms with Gasteiger partial charge in [0.1, 0.15) is 4.88 Å². The quantitative estimate of drug-likeness (QED) is 0.785. The number of halogens is 1. The molecule has 1 unspecified atom stereocenters. The molecule has 112 valence electrons. The average Bonchev–Trinajstić information content (AvgIpc) is 2.84. The highest BCUT2D eigenvalue weighted by molar-refractivity contribution is 9.10. The Bertz CT molecular complexity index is 625. The first-order valence-electron chi connectivity index (χ1n) is 6.93. The Labute approximate surface area is 138 Å². The third-order valence-electron chi connectivity index (χ3n) is 3.45. The predicted octanol–water partition coefficient (Wildman–Crippen LogP) is 5.30. The van der Waals surface area contributed by atoms with Gasteiger partial charge in [-0.25, -0.2) is 0 Å². The van der Waals surface area contributed by atoms with Gasteiger partial charge in [0, 0.05) is 4.47 Å². The molecular weight excluding hydrogens is 346 g/mol. The number of hydrogen-bond donors (Lipinski definition) is 1. The van der Waals surface area contributed by atoms with E-state index in [1.807, 2.05) is 18.4 Å². The van der Waals surface area contributed by atoms with Crippen LogP contribution in [0.4, 0.5) is 0 Å². The summed E-state index contributed by atoms with van der Waals surface area (Å²) in [5.74, 6) is -0.0377. The molecule has 1 aromatic heterocycles. The van der Waals surface area contributed by atoms with Crippen LogP contribution in [-0.4, -0.2) is 5.91 Å². The van der Waals surface area contributed by atoms with Gasteiger partial charge in [0.25, 0.3) is 5.91 Å². The third-order valence-corrected chi connectivity index (χ3v) is 5.28. The summed E-state index contributed by atoms with van der Waals surface area (Å²) in [6, 6.07) is 10.3. The molecule has 2 aromatic rings. The van der Waals surface area contributed by atoms with Crippen molar-refractivity contribution in [2.24, 2.45) is 0 Å². The Kier molecular flexibility index (Phi) is 4.89. The molecule has 0 radical (unpaired) electrons. The smallest absolute Gasteiger partial charge is 0.262 e. The second-order valence-corrected chi connectivity index (χ2v) is 7.94. The highest BCUT2D eigenvalue weighted by atomic mass is 79.9. The fraction of sp³-hybridized carbons (Fsp3) is 0.353. The Balaban J connectivity index is 2.09. The van der Waals surface area contributed by atoms with Crippen molar-refractivity contribution in [1.29, 1.82) is 0 Å². The van der Waals surface area contributed by atoms with Crippen LogP contribution in [0, 0.1) is 0 Å². The topological polar surface area (TPSA) is 29.1 Å². The van der Waals surface area contributed by atoms with Crippen molar-refractivity contribution in [3.63, 3.8) is 0 Å². The first-order chi connectivity index (χ1) is 9.79. The first kappa shape index (κ1) is 16.2. The number of benzene rings is 1. The monoisotopic (exact) mass is 365 g/mol. The lowest BCUT2D eigenvalue weighted by molar-refractivity contribution is 0.0943. The van der Waals surface area contributed by atoms with Crippen LogP contribution < -0.4 is 5.32 Å². The van der Waals surface area contributed by atoms with E-state index in [1.165, 1.54) is 16.9 Å². The Morgan fingerprint density at radius 3 is 2.29 bits per heavy atom. The Morgan fingerprint density at radius 2 is 1.81 bits per heavy atom. The van der Waals surface area contributed by atoms with Gasteiger partial charge in [0.05, 0.1) is 6.04 Å². The molecule has 0 bridgehead atoms. The Morgan fingerprint density at radius 1 is 1.19 bits per heavy atom. The van der Waals surface area contributed by atoms with Gasteiger partial charge in [-0.1, -0.05) is 45.0 Å². The summed E-state index contributed by atoms with van der Waals surface area (Å²) in [4.78, 5) is 12.9. The molecule has 1 amide bonds. The van der Waals surface area contributed by atoms with Crippen LogP contribution in [-0.2, 0) is 5.41 Å². The highest BCUT2D eigenvalue weighted by Crippen LogP contribution is 2.25. The maximum absolute atomic E-state index is 12.2. The van der Waals surface area contributed by atoms with E-state index in [0.717, 1.165) is 10.0 Å². The summed E-state index contributed by atoms with van der Waals surface area (Å²) in [5, 5.41) is 4.94. The van der Waals surface area contributed by atoms with Gasteiger partial charge in [0.15, 0.2) is 0 Å². The maximum Gasteiger partial charge on any atom is 0.262 e. The van der Waals surface area contributed by atoms with Crippen LogP contribution in [0.15, 0.2) is 40.2 Å². The van der Waals surface area contributed by atoms with Gasteiger partial charge in [-0.3, -0.25) is 4.79 Å². The van der Waals surface area contributed by atoms with Gasteiger partial charge < -0.3 is 5.32 Å². The number of amides is 1. The molecule has 0 spiro atoms. The van der Waals surface area contributed by atoms with Crippen LogP contribution in [0.1, 0.15) is 54.5 Å². The van der Waals surface area contributed by atoms with Crippen LogP contribution in [0.3, 0.4) is 0 Å². The molecule has 2 nitrogen and oxygen atoms in total. The molecule has 0 fully saturated rings. The van der Waals surface area contributed by atoms with Crippen molar-refractivity contribution in [1.82, 2.24) is 5.32 Å². The van der Waals surface area contributed by atoms with E-state index in [9.17, 15) is 4.79 Å². The van der Waals surface area contributed by atoms with Gasteiger partial charge in [-0.2, -0.15) is 0 Å². The first-order valence-corrected chi connectivity index (χ1v) is 8.60. The van der Waals surface area contributed by atoms with Crippen LogP contribution in [0.5, 0.6) is 0 Å². The number of carbonyl (C=O) groups excluding carboxylic acids is 1. The molecule has 4 heteroatoms. The van der Waals surface area contributed by atoms with E-state index < -0.39 is 0 Å². The van der Waals surface area contributed by atoms with Crippen LogP contribution in [0.25, 0.3) is 0 Å². The minimum Gasteiger partial charge on any atom is -0.345 e. The van der Waals surface area contributed by atoms with Gasteiger partial charge >= 0.3 is 0 Å². The van der Waals surface area contributed by atoms with E-state index >= 15 is 0 Å². The molecule has 0 aliphatic heterocycles. The van der Waals surface area contributed by atoms with E-state index in [0.29, 0.717) is 4.88 Å². The summed E-state index contributed by atoms with van der Waals surface area (Å²) in [5.41, 5.74) is 2.56. The predicted molar refractivity (Wildman–Crippen MR) is 93.0 cm³/mol. The maximum atomic E-state index is 12.2. The largest absolute Gasteiger partial charge is 0.345 e. The molecule has 1 N–H and O–H groups in total. The van der Waals surface area contributed by atoms with Crippen molar-refractivity contribution in [2.45, 2.75) is 39.2 Å². The number of rotatable bonds is 3. The molecule has 0 aliphatic carbocycles. The molecule has 0 aliphatic rings. The second-order valence-electron chi connectivity index (χ2n) is 6.16. The van der Waals surface area contributed by atoms with E-state index in [1.54, 1.807) is 0 Å². The molecular formula is C17H20BrNOS. The fourth-order valence-electron chi connectivity index (χ4n) is 2.07. The minimum atomic E-state index is -0.0377. The van der Waals surface area contributed by atoms with Gasteiger partial charge in [0.2, 0.25) is 0 Å². The van der Waals surface area contributed by atoms with Crippen molar-refractivity contribution in [3.05, 3.63) is 56.2 Å². The molecule has 21 heavy (non-hydrogen) atoms. The second kappa shape index (κ2) is 6.32. The zero-order valence-corrected chi connectivity index (χ0v) is 15.1. The van der Waals surface area contributed by atoms with Crippen molar-refractivity contribution < 1.29 is 4.79 Å². The zero-order chi connectivity index (χ0) is 15.6. The minimum absolute atomic E-state index is 0.0134. The average molecular weight is 366 g/mol. The van der Waals surface area contributed by atoms with E-state index in [4.69, 9.17) is 0 Å².